The van der Waals surface area contributed by atoms with Crippen LogP contribution in [0.5, 0.6) is 5.75 Å². The number of hydrogen-bond acceptors (Lipinski definition) is 4. The van der Waals surface area contributed by atoms with Gasteiger partial charge in [0.15, 0.2) is 0 Å². The molecule has 2 N–H and O–H groups in total. The molecule has 1 amide bonds. The van der Waals surface area contributed by atoms with Gasteiger partial charge in [0.05, 0.1) is 13.5 Å². The van der Waals surface area contributed by atoms with Crippen LogP contribution >= 0.6 is 0 Å². The molecular formula is C15H21NO4. The van der Waals surface area contributed by atoms with Crippen molar-refractivity contribution in [3.05, 3.63) is 29.8 Å². The molecule has 5 heteroatoms. The standard InChI is InChI=1S/C15H21NO4/c1-10(2)8-13(15(19)20-3)16-14(18)9-11-4-6-12(17)7-5-11/h4-7,10,13,17H,8-9H2,1-3H3,(H,16,18). The van der Waals surface area contributed by atoms with E-state index in [0.717, 1.165) is 5.56 Å². The highest BCUT2D eigenvalue weighted by molar-refractivity contribution is 5.85. The second kappa shape index (κ2) is 7.53. The summed E-state index contributed by atoms with van der Waals surface area (Å²) < 4.78 is 4.69. The van der Waals surface area contributed by atoms with Crippen LogP contribution in [-0.4, -0.2) is 30.1 Å². The number of amides is 1. The summed E-state index contributed by atoms with van der Waals surface area (Å²) in [6.07, 6.45) is 0.694. The first-order valence-electron chi connectivity index (χ1n) is 6.57. The van der Waals surface area contributed by atoms with Crippen LogP contribution in [0.4, 0.5) is 0 Å². The maximum Gasteiger partial charge on any atom is 0.328 e. The van der Waals surface area contributed by atoms with E-state index in [2.05, 4.69) is 5.32 Å². The number of aromatic hydroxyl groups is 1. The van der Waals surface area contributed by atoms with Crippen LogP contribution in [0.3, 0.4) is 0 Å². The van der Waals surface area contributed by atoms with Crippen LogP contribution in [0.25, 0.3) is 0 Å². The van der Waals surface area contributed by atoms with Crippen molar-refractivity contribution in [3.8, 4) is 5.75 Å². The summed E-state index contributed by atoms with van der Waals surface area (Å²) >= 11 is 0. The lowest BCUT2D eigenvalue weighted by atomic mass is 10.0. The maximum absolute atomic E-state index is 11.9. The van der Waals surface area contributed by atoms with Gasteiger partial charge in [-0.15, -0.1) is 0 Å². The van der Waals surface area contributed by atoms with Gasteiger partial charge in [0.25, 0.3) is 0 Å². The third-order valence-electron chi connectivity index (χ3n) is 2.83. The molecule has 1 unspecified atom stereocenters. The van der Waals surface area contributed by atoms with Crippen LogP contribution in [0.2, 0.25) is 0 Å². The Morgan fingerprint density at radius 3 is 2.35 bits per heavy atom. The highest BCUT2D eigenvalue weighted by atomic mass is 16.5. The molecule has 1 aromatic rings. The average molecular weight is 279 g/mol. The molecule has 0 aromatic heterocycles. The van der Waals surface area contributed by atoms with Crippen LogP contribution in [0, 0.1) is 5.92 Å². The lowest BCUT2D eigenvalue weighted by molar-refractivity contribution is -0.145. The summed E-state index contributed by atoms with van der Waals surface area (Å²) in [7, 11) is 1.31. The highest BCUT2D eigenvalue weighted by Crippen LogP contribution is 2.11. The molecule has 20 heavy (non-hydrogen) atoms. The first-order valence-corrected chi connectivity index (χ1v) is 6.57. The lowest BCUT2D eigenvalue weighted by Gasteiger charge is -2.18. The molecule has 0 fully saturated rings. The Balaban J connectivity index is 2.61. The number of ether oxygens (including phenoxy) is 1. The summed E-state index contributed by atoms with van der Waals surface area (Å²) in [6.45, 7) is 3.95. The summed E-state index contributed by atoms with van der Waals surface area (Å²) in [5.74, 6) is -0.251. The van der Waals surface area contributed by atoms with Crippen LogP contribution in [0.15, 0.2) is 24.3 Å². The van der Waals surface area contributed by atoms with Crippen molar-refractivity contribution < 1.29 is 19.4 Å². The quantitative estimate of drug-likeness (QED) is 0.776. The monoisotopic (exact) mass is 279 g/mol. The van der Waals surface area contributed by atoms with E-state index in [0.29, 0.717) is 6.42 Å². The average Bonchev–Trinajstić information content (AvgIpc) is 2.39. The number of phenols is 1. The van der Waals surface area contributed by atoms with Gasteiger partial charge in [0.2, 0.25) is 5.91 Å². The van der Waals surface area contributed by atoms with Gasteiger partial charge in [0, 0.05) is 0 Å². The number of benzene rings is 1. The van der Waals surface area contributed by atoms with E-state index < -0.39 is 12.0 Å². The zero-order valence-corrected chi connectivity index (χ0v) is 12.1. The van der Waals surface area contributed by atoms with Crippen LogP contribution in [-0.2, 0) is 20.7 Å². The largest absolute Gasteiger partial charge is 0.508 e. The minimum Gasteiger partial charge on any atom is -0.508 e. The van der Waals surface area contributed by atoms with E-state index in [-0.39, 0.29) is 24.0 Å². The van der Waals surface area contributed by atoms with E-state index in [9.17, 15) is 14.7 Å². The summed E-state index contributed by atoms with van der Waals surface area (Å²) in [5.41, 5.74) is 0.772. The minimum atomic E-state index is -0.621. The van der Waals surface area contributed by atoms with Gasteiger partial charge in [-0.25, -0.2) is 4.79 Å². The van der Waals surface area contributed by atoms with Gasteiger partial charge in [-0.3, -0.25) is 4.79 Å². The molecule has 0 aliphatic rings. The predicted octanol–water partition coefficient (Wildman–Crippen LogP) is 1.64. The molecule has 0 bridgehead atoms. The van der Waals surface area contributed by atoms with Gasteiger partial charge in [-0.2, -0.15) is 0 Å². The van der Waals surface area contributed by atoms with Crippen molar-refractivity contribution >= 4 is 11.9 Å². The number of carbonyl (C=O) groups excluding carboxylic acids is 2. The van der Waals surface area contributed by atoms with E-state index in [1.807, 2.05) is 13.8 Å². The van der Waals surface area contributed by atoms with Crippen LogP contribution in [0.1, 0.15) is 25.8 Å². The van der Waals surface area contributed by atoms with Crippen molar-refractivity contribution in [2.75, 3.05) is 7.11 Å². The first kappa shape index (κ1) is 16.0. The molecule has 1 atom stereocenters. The lowest BCUT2D eigenvalue weighted by Crippen LogP contribution is -2.43. The second-order valence-electron chi connectivity index (χ2n) is 5.12. The Bertz CT molecular complexity index is 453. The molecular weight excluding hydrogens is 258 g/mol. The molecule has 0 radical (unpaired) electrons. The molecule has 0 heterocycles. The van der Waals surface area contributed by atoms with E-state index >= 15 is 0 Å². The van der Waals surface area contributed by atoms with Crippen molar-refractivity contribution in [1.82, 2.24) is 5.32 Å². The third-order valence-corrected chi connectivity index (χ3v) is 2.83. The molecule has 5 nitrogen and oxygen atoms in total. The topological polar surface area (TPSA) is 75.6 Å². The third kappa shape index (κ3) is 5.30. The number of methoxy groups -OCH3 is 1. The maximum atomic E-state index is 11.9. The molecule has 0 aliphatic heterocycles. The zero-order chi connectivity index (χ0) is 15.1. The molecule has 1 aromatic carbocycles. The van der Waals surface area contributed by atoms with E-state index in [1.54, 1.807) is 12.1 Å². The number of esters is 1. The molecule has 0 spiro atoms. The van der Waals surface area contributed by atoms with Gasteiger partial charge in [-0.05, 0) is 30.0 Å². The Kier molecular flexibility index (Phi) is 6.03. The van der Waals surface area contributed by atoms with Gasteiger partial charge < -0.3 is 15.2 Å². The van der Waals surface area contributed by atoms with Gasteiger partial charge in [0.1, 0.15) is 11.8 Å². The second-order valence-corrected chi connectivity index (χ2v) is 5.12. The molecule has 1 rings (SSSR count). The Morgan fingerprint density at radius 1 is 1.25 bits per heavy atom. The molecule has 0 saturated heterocycles. The highest BCUT2D eigenvalue weighted by Gasteiger charge is 2.22. The van der Waals surface area contributed by atoms with Crippen LogP contribution < -0.4 is 5.32 Å². The first-order chi connectivity index (χ1) is 9.42. The Hall–Kier alpha value is -2.04. The SMILES string of the molecule is COC(=O)C(CC(C)C)NC(=O)Cc1ccc(O)cc1. The van der Waals surface area contributed by atoms with Crippen molar-refractivity contribution in [2.24, 2.45) is 5.92 Å². The molecule has 0 aliphatic carbocycles. The van der Waals surface area contributed by atoms with Gasteiger partial charge >= 0.3 is 5.97 Å². The van der Waals surface area contributed by atoms with Crippen molar-refractivity contribution in [3.63, 3.8) is 0 Å². The fourth-order valence-electron chi connectivity index (χ4n) is 1.87. The number of nitrogens with one attached hydrogen (secondary N) is 1. The van der Waals surface area contributed by atoms with E-state index in [1.165, 1.54) is 19.2 Å². The number of hydrogen-bond donors (Lipinski definition) is 2. The molecule has 110 valence electrons. The summed E-state index contributed by atoms with van der Waals surface area (Å²) in [4.78, 5) is 23.5. The smallest absolute Gasteiger partial charge is 0.328 e. The fourth-order valence-corrected chi connectivity index (χ4v) is 1.87. The number of carbonyl (C=O) groups is 2. The normalized spacial score (nSPS) is 12.0. The fraction of sp³-hybridized carbons (Fsp3) is 0.467. The van der Waals surface area contributed by atoms with Crippen molar-refractivity contribution in [1.29, 1.82) is 0 Å². The number of rotatable bonds is 6. The Morgan fingerprint density at radius 2 is 1.85 bits per heavy atom. The number of phenolic OH excluding ortho intramolecular Hbond substituents is 1. The minimum absolute atomic E-state index is 0.154. The predicted molar refractivity (Wildman–Crippen MR) is 75.2 cm³/mol. The van der Waals surface area contributed by atoms with Crippen molar-refractivity contribution in [2.45, 2.75) is 32.7 Å². The van der Waals surface area contributed by atoms with E-state index in [4.69, 9.17) is 4.74 Å². The van der Waals surface area contributed by atoms with Gasteiger partial charge in [-0.1, -0.05) is 26.0 Å². The molecule has 0 saturated carbocycles. The Labute approximate surface area is 118 Å². The summed E-state index contributed by atoms with van der Waals surface area (Å²) in [5, 5.41) is 11.9. The zero-order valence-electron chi connectivity index (χ0n) is 12.1. The summed E-state index contributed by atoms with van der Waals surface area (Å²) in [6, 6.07) is 5.77.